The topological polar surface area (TPSA) is 43.1 Å². The first-order valence-electron chi connectivity index (χ1n) is 9.16. The van der Waals surface area contributed by atoms with Crippen molar-refractivity contribution in [3.63, 3.8) is 0 Å². The summed E-state index contributed by atoms with van der Waals surface area (Å²) < 4.78 is 1.90. The molecule has 0 aliphatic rings. The number of hydrogen-bond donors (Lipinski definition) is 0. The van der Waals surface area contributed by atoms with Gasteiger partial charge in [0.15, 0.2) is 5.82 Å². The van der Waals surface area contributed by atoms with Gasteiger partial charge in [-0.3, -0.25) is 0 Å². The molecule has 140 valence electrons. The molecule has 0 bridgehead atoms. The number of aromatic nitrogens is 4. The van der Waals surface area contributed by atoms with Crippen LogP contribution in [0.4, 0.5) is 0 Å². The van der Waals surface area contributed by atoms with Crippen LogP contribution in [0.15, 0.2) is 18.2 Å². The van der Waals surface area contributed by atoms with Gasteiger partial charge in [0, 0.05) is 11.0 Å². The van der Waals surface area contributed by atoms with Gasteiger partial charge in [0.25, 0.3) is 0 Å². The number of nitrogens with zero attached hydrogens (tertiary/aromatic N) is 4. The maximum Gasteiger partial charge on any atom is 0.235 e. The van der Waals surface area contributed by atoms with Crippen molar-refractivity contribution in [3.8, 4) is 10.6 Å². The van der Waals surface area contributed by atoms with Crippen LogP contribution in [-0.4, -0.2) is 19.8 Å². The Morgan fingerprint density at radius 2 is 1.27 bits per heavy atom. The zero-order valence-electron chi connectivity index (χ0n) is 17.4. The van der Waals surface area contributed by atoms with Crippen LogP contribution < -0.4 is 0 Å². The van der Waals surface area contributed by atoms with Crippen molar-refractivity contribution in [1.29, 1.82) is 0 Å². The molecule has 1 aromatic carbocycles. The molecule has 0 unspecified atom stereocenters. The average Bonchev–Trinajstić information content (AvgIpc) is 3.03. The maximum absolute atomic E-state index is 4.87. The van der Waals surface area contributed by atoms with E-state index < -0.39 is 0 Å². The quantitative estimate of drug-likeness (QED) is 0.548. The maximum atomic E-state index is 4.87. The lowest BCUT2D eigenvalue weighted by atomic mass is 9.79. The molecule has 5 heteroatoms. The summed E-state index contributed by atoms with van der Waals surface area (Å²) in [6.45, 7) is 20.0. The van der Waals surface area contributed by atoms with Gasteiger partial charge in [0.1, 0.15) is 5.01 Å². The lowest BCUT2D eigenvalue weighted by Crippen LogP contribution is -2.17. The summed E-state index contributed by atoms with van der Waals surface area (Å²) in [5.74, 6) is 0.901. The first-order chi connectivity index (χ1) is 11.8. The minimum atomic E-state index is -0.0887. The first-order valence-corrected chi connectivity index (χ1v) is 9.97. The number of fused-ring (bicyclic) bond motifs is 1. The summed E-state index contributed by atoms with van der Waals surface area (Å²) in [7, 11) is 0. The largest absolute Gasteiger partial charge is 0.235 e. The molecule has 0 saturated carbocycles. The molecule has 0 aliphatic heterocycles. The molecule has 0 saturated heterocycles. The van der Waals surface area contributed by atoms with Crippen molar-refractivity contribution < 1.29 is 0 Å². The lowest BCUT2D eigenvalue weighted by Gasteiger charge is -2.25. The van der Waals surface area contributed by atoms with Crippen LogP contribution in [0.2, 0.25) is 0 Å². The molecule has 3 rings (SSSR count). The van der Waals surface area contributed by atoms with Crippen LogP contribution in [-0.2, 0) is 16.2 Å². The van der Waals surface area contributed by atoms with Crippen LogP contribution in [0, 0.1) is 0 Å². The Bertz CT molecular complexity index is 911. The second-order valence-electron chi connectivity index (χ2n) is 10.2. The van der Waals surface area contributed by atoms with Gasteiger partial charge in [-0.1, -0.05) is 79.7 Å². The van der Waals surface area contributed by atoms with Crippen molar-refractivity contribution in [2.75, 3.05) is 0 Å². The summed E-state index contributed by atoms with van der Waals surface area (Å²) in [4.78, 5) is 0.850. The summed E-state index contributed by atoms with van der Waals surface area (Å²) >= 11 is 1.60. The number of rotatable bonds is 1. The van der Waals surface area contributed by atoms with Crippen LogP contribution in [0.3, 0.4) is 0 Å². The van der Waals surface area contributed by atoms with Crippen molar-refractivity contribution in [2.24, 2.45) is 0 Å². The molecule has 3 aromatic rings. The standard InChI is InChI=1S/C21H30N4S/c1-19(2,3)14-10-13(11-15(12-14)20(4,5)6)16-24-25-17(21(7,8)9)22-23-18(25)26-16/h10-12H,1-9H3. The minimum Gasteiger partial charge on any atom is -0.186 e. The van der Waals surface area contributed by atoms with Gasteiger partial charge in [0.2, 0.25) is 4.96 Å². The highest BCUT2D eigenvalue weighted by Gasteiger charge is 2.25. The van der Waals surface area contributed by atoms with Crippen LogP contribution in [0.25, 0.3) is 15.5 Å². The van der Waals surface area contributed by atoms with E-state index >= 15 is 0 Å². The van der Waals surface area contributed by atoms with Gasteiger partial charge in [0.05, 0.1) is 0 Å². The molecule has 4 nitrogen and oxygen atoms in total. The van der Waals surface area contributed by atoms with E-state index in [0.717, 1.165) is 21.4 Å². The Balaban J connectivity index is 2.20. The van der Waals surface area contributed by atoms with Crippen molar-refractivity contribution in [1.82, 2.24) is 19.8 Å². The van der Waals surface area contributed by atoms with Crippen LogP contribution >= 0.6 is 11.3 Å². The minimum absolute atomic E-state index is 0.0887. The molecular weight excluding hydrogens is 340 g/mol. The third-order valence-corrected chi connectivity index (χ3v) is 5.52. The molecule has 0 fully saturated rings. The molecule has 0 radical (unpaired) electrons. The van der Waals surface area contributed by atoms with E-state index in [1.807, 2.05) is 4.52 Å². The predicted octanol–water partition coefficient (Wildman–Crippen LogP) is 5.75. The van der Waals surface area contributed by atoms with E-state index in [4.69, 9.17) is 5.10 Å². The van der Waals surface area contributed by atoms with Gasteiger partial charge >= 0.3 is 0 Å². The number of benzene rings is 1. The summed E-state index contributed by atoms with van der Waals surface area (Å²) in [6, 6.07) is 6.89. The molecule has 0 atom stereocenters. The summed E-state index contributed by atoms with van der Waals surface area (Å²) in [5.41, 5.74) is 3.92. The van der Waals surface area contributed by atoms with E-state index in [0.29, 0.717) is 0 Å². The van der Waals surface area contributed by atoms with Gasteiger partial charge in [-0.05, 0) is 34.1 Å². The smallest absolute Gasteiger partial charge is 0.186 e. The van der Waals surface area contributed by atoms with Gasteiger partial charge in [-0.25, -0.2) is 0 Å². The Labute approximate surface area is 160 Å². The Morgan fingerprint density at radius 3 is 1.73 bits per heavy atom. The fourth-order valence-corrected chi connectivity index (χ4v) is 3.64. The molecule has 0 amide bonds. The van der Waals surface area contributed by atoms with E-state index in [-0.39, 0.29) is 16.2 Å². The SMILES string of the molecule is CC(C)(C)c1cc(-c2nn3c(C(C)(C)C)nnc3s2)cc(C(C)(C)C)c1. The highest BCUT2D eigenvalue weighted by Crippen LogP contribution is 2.35. The second-order valence-corrected chi connectivity index (χ2v) is 11.1. The van der Waals surface area contributed by atoms with Crippen LogP contribution in [0.1, 0.15) is 79.3 Å². The molecule has 2 aromatic heterocycles. The normalized spacial score (nSPS) is 13.6. The molecule has 0 aliphatic carbocycles. The van der Waals surface area contributed by atoms with E-state index in [1.54, 1.807) is 11.3 Å². The van der Waals surface area contributed by atoms with Crippen molar-refractivity contribution in [3.05, 3.63) is 35.2 Å². The summed E-state index contributed by atoms with van der Waals surface area (Å²) in [5, 5.41) is 14.5. The zero-order chi connectivity index (χ0) is 19.5. The molecule has 0 spiro atoms. The fourth-order valence-electron chi connectivity index (χ4n) is 2.82. The Hall–Kier alpha value is -1.75. The molecular formula is C21H30N4S. The molecule has 2 heterocycles. The van der Waals surface area contributed by atoms with Crippen molar-refractivity contribution in [2.45, 2.75) is 78.6 Å². The van der Waals surface area contributed by atoms with Gasteiger partial charge in [-0.2, -0.15) is 9.61 Å². The second kappa shape index (κ2) is 5.88. The lowest BCUT2D eigenvalue weighted by molar-refractivity contribution is 0.528. The van der Waals surface area contributed by atoms with Gasteiger partial charge in [-0.15, -0.1) is 10.2 Å². The predicted molar refractivity (Wildman–Crippen MR) is 110 cm³/mol. The molecule has 26 heavy (non-hydrogen) atoms. The summed E-state index contributed by atoms with van der Waals surface area (Å²) in [6.07, 6.45) is 0. The zero-order valence-corrected chi connectivity index (χ0v) is 18.2. The molecule has 0 N–H and O–H groups in total. The van der Waals surface area contributed by atoms with E-state index in [9.17, 15) is 0 Å². The average molecular weight is 371 g/mol. The Morgan fingerprint density at radius 1 is 0.731 bits per heavy atom. The monoisotopic (exact) mass is 370 g/mol. The van der Waals surface area contributed by atoms with Crippen molar-refractivity contribution >= 4 is 16.3 Å². The fraction of sp³-hybridized carbons (Fsp3) is 0.571. The third-order valence-electron chi connectivity index (χ3n) is 4.57. The Kier molecular flexibility index (Phi) is 4.30. The highest BCUT2D eigenvalue weighted by molar-refractivity contribution is 7.19. The van der Waals surface area contributed by atoms with E-state index in [1.165, 1.54) is 11.1 Å². The number of hydrogen-bond acceptors (Lipinski definition) is 4. The van der Waals surface area contributed by atoms with E-state index in [2.05, 4.69) is 90.7 Å². The van der Waals surface area contributed by atoms with Gasteiger partial charge < -0.3 is 0 Å². The van der Waals surface area contributed by atoms with Crippen LogP contribution in [0.5, 0.6) is 0 Å². The highest BCUT2D eigenvalue weighted by atomic mass is 32.1. The third kappa shape index (κ3) is 3.54. The first kappa shape index (κ1) is 19.0.